The molecule has 0 saturated carbocycles. The lowest BCUT2D eigenvalue weighted by Gasteiger charge is -2.40. The molecular weight excluding hydrogens is 408 g/mol. The summed E-state index contributed by atoms with van der Waals surface area (Å²) >= 11 is 0. The zero-order valence-corrected chi connectivity index (χ0v) is 17.4. The zero-order valence-electron chi connectivity index (χ0n) is 17.4. The van der Waals surface area contributed by atoms with Crippen LogP contribution in [0.2, 0.25) is 0 Å². The topological polar surface area (TPSA) is 147 Å². The molecule has 164 valence electrons. The Labute approximate surface area is 184 Å². The maximum absolute atomic E-state index is 13.1. The van der Waals surface area contributed by atoms with Crippen molar-refractivity contribution in [3.63, 3.8) is 0 Å². The number of H-pyrrole nitrogens is 1. The Kier molecular flexibility index (Phi) is 4.80. The first-order valence-electron chi connectivity index (χ1n) is 10.7. The van der Waals surface area contributed by atoms with Crippen LogP contribution in [0.15, 0.2) is 42.7 Å². The molecule has 9 heteroatoms. The fraction of sp³-hybridized carbons (Fsp3) is 0.304. The van der Waals surface area contributed by atoms with Crippen molar-refractivity contribution < 1.29 is 14.4 Å². The summed E-state index contributed by atoms with van der Waals surface area (Å²) in [4.78, 5) is 45.8. The molecule has 1 unspecified atom stereocenters. The monoisotopic (exact) mass is 432 g/mol. The van der Waals surface area contributed by atoms with Crippen LogP contribution in [0.5, 0.6) is 0 Å². The minimum atomic E-state index is -0.536. The van der Waals surface area contributed by atoms with Crippen molar-refractivity contribution in [2.24, 2.45) is 11.5 Å². The first-order valence-corrected chi connectivity index (χ1v) is 10.7. The van der Waals surface area contributed by atoms with Crippen LogP contribution in [0.3, 0.4) is 0 Å². The van der Waals surface area contributed by atoms with E-state index in [0.29, 0.717) is 27.6 Å². The zero-order chi connectivity index (χ0) is 22.4. The summed E-state index contributed by atoms with van der Waals surface area (Å²) in [5, 5.41) is 3.86. The Bertz CT molecular complexity index is 1200. The number of hydrogen-bond donors (Lipinski definition) is 4. The largest absolute Gasteiger partial charge is 0.366 e. The van der Waals surface area contributed by atoms with Crippen LogP contribution in [0.4, 0.5) is 5.82 Å². The second kappa shape index (κ2) is 7.67. The second-order valence-electron chi connectivity index (χ2n) is 8.49. The number of rotatable bonds is 5. The van der Waals surface area contributed by atoms with Gasteiger partial charge in [-0.15, -0.1) is 0 Å². The highest BCUT2D eigenvalue weighted by Crippen LogP contribution is 2.38. The van der Waals surface area contributed by atoms with Crippen molar-refractivity contribution >= 4 is 34.4 Å². The molecule has 2 fully saturated rings. The van der Waals surface area contributed by atoms with E-state index in [2.05, 4.69) is 20.2 Å². The molecule has 3 amide bonds. The van der Waals surface area contributed by atoms with E-state index < -0.39 is 11.8 Å². The van der Waals surface area contributed by atoms with Crippen LogP contribution in [-0.4, -0.2) is 45.8 Å². The summed E-state index contributed by atoms with van der Waals surface area (Å²) in [5.41, 5.74) is 12.6. The Morgan fingerprint density at radius 3 is 2.31 bits per heavy atom. The van der Waals surface area contributed by atoms with E-state index in [0.717, 1.165) is 31.5 Å². The Morgan fingerprint density at radius 1 is 0.969 bits per heavy atom. The van der Waals surface area contributed by atoms with Gasteiger partial charge in [0.25, 0.3) is 11.8 Å². The van der Waals surface area contributed by atoms with Gasteiger partial charge < -0.3 is 26.7 Å². The van der Waals surface area contributed by atoms with Gasteiger partial charge in [0.2, 0.25) is 5.91 Å². The molecule has 2 saturated heterocycles. The third-order valence-corrected chi connectivity index (χ3v) is 6.60. The lowest BCUT2D eigenvalue weighted by Crippen LogP contribution is -2.50. The van der Waals surface area contributed by atoms with Gasteiger partial charge in [-0.3, -0.25) is 14.4 Å². The highest BCUT2D eigenvalue weighted by molar-refractivity contribution is 6.12. The molecule has 9 nitrogen and oxygen atoms in total. The molecule has 0 aliphatic carbocycles. The summed E-state index contributed by atoms with van der Waals surface area (Å²) in [5.74, 6) is -0.351. The molecule has 0 spiro atoms. The van der Waals surface area contributed by atoms with E-state index in [4.69, 9.17) is 11.5 Å². The van der Waals surface area contributed by atoms with Crippen molar-refractivity contribution in [1.29, 1.82) is 0 Å². The van der Waals surface area contributed by atoms with E-state index >= 15 is 0 Å². The maximum Gasteiger partial charge on any atom is 0.252 e. The van der Waals surface area contributed by atoms with Gasteiger partial charge in [-0.25, -0.2) is 4.98 Å². The van der Waals surface area contributed by atoms with Crippen molar-refractivity contribution in [3.8, 4) is 0 Å². The number of carbonyl (C=O) groups excluding carboxylic acids is 3. The predicted octanol–water partition coefficient (Wildman–Crippen LogP) is 1.69. The van der Waals surface area contributed by atoms with Crippen LogP contribution in [0, 0.1) is 0 Å². The normalized spacial score (nSPS) is 22.1. The molecular formula is C23H24N6O3. The average Bonchev–Trinajstić information content (AvgIpc) is 3.36. The molecule has 2 bridgehead atoms. The summed E-state index contributed by atoms with van der Waals surface area (Å²) in [6.45, 7) is 0. The van der Waals surface area contributed by atoms with Crippen LogP contribution in [-0.2, 0) is 0 Å². The molecule has 3 atom stereocenters. The fourth-order valence-corrected chi connectivity index (χ4v) is 5.18. The minimum absolute atomic E-state index is 0.0472. The number of nitrogens with one attached hydrogen (secondary N) is 2. The van der Waals surface area contributed by atoms with Gasteiger partial charge in [-0.2, -0.15) is 0 Å². The Morgan fingerprint density at radius 2 is 1.69 bits per heavy atom. The van der Waals surface area contributed by atoms with Crippen LogP contribution < -0.4 is 21.7 Å². The highest BCUT2D eigenvalue weighted by atomic mass is 16.2. The van der Waals surface area contributed by atoms with E-state index in [1.807, 2.05) is 6.07 Å². The summed E-state index contributed by atoms with van der Waals surface area (Å²) in [6.07, 6.45) is 6.91. The number of primary amides is 2. The molecule has 1 aromatic carbocycles. The second-order valence-corrected chi connectivity index (χ2v) is 8.49. The number of anilines is 1. The number of fused-ring (bicyclic) bond motifs is 3. The van der Waals surface area contributed by atoms with Gasteiger partial charge in [-0.05, 0) is 56.0 Å². The smallest absolute Gasteiger partial charge is 0.252 e. The van der Waals surface area contributed by atoms with Gasteiger partial charge in [0.15, 0.2) is 0 Å². The molecule has 4 heterocycles. The molecule has 32 heavy (non-hydrogen) atoms. The van der Waals surface area contributed by atoms with E-state index in [9.17, 15) is 14.4 Å². The molecule has 2 aliphatic heterocycles. The minimum Gasteiger partial charge on any atom is -0.366 e. The molecule has 2 aromatic heterocycles. The number of carbonyl (C=O) groups is 3. The fourth-order valence-electron chi connectivity index (χ4n) is 5.18. The number of nitrogens with two attached hydrogens (primary N) is 2. The quantitative estimate of drug-likeness (QED) is 0.484. The van der Waals surface area contributed by atoms with Gasteiger partial charge in [0.05, 0.1) is 16.6 Å². The summed E-state index contributed by atoms with van der Waals surface area (Å²) in [7, 11) is 0. The van der Waals surface area contributed by atoms with E-state index in [-0.39, 0.29) is 24.0 Å². The molecule has 2 aliphatic rings. The number of nitrogens with zero attached hydrogens (tertiary/aromatic N) is 2. The lowest BCUT2D eigenvalue weighted by atomic mass is 9.96. The van der Waals surface area contributed by atoms with Gasteiger partial charge in [-0.1, -0.05) is 0 Å². The number of pyridine rings is 1. The van der Waals surface area contributed by atoms with Crippen molar-refractivity contribution in [2.45, 2.75) is 43.8 Å². The number of benzene rings is 1. The lowest BCUT2D eigenvalue weighted by molar-refractivity contribution is 0.0926. The first kappa shape index (κ1) is 20.0. The van der Waals surface area contributed by atoms with E-state index in [1.165, 1.54) is 6.20 Å². The van der Waals surface area contributed by atoms with Crippen LogP contribution in [0.1, 0.15) is 56.8 Å². The summed E-state index contributed by atoms with van der Waals surface area (Å²) < 4.78 is 0. The molecule has 5 rings (SSSR count). The predicted molar refractivity (Wildman–Crippen MR) is 119 cm³/mol. The average molecular weight is 432 g/mol. The van der Waals surface area contributed by atoms with Crippen molar-refractivity contribution in [3.05, 3.63) is 59.4 Å². The number of piperidine rings is 1. The number of aromatic amines is 1. The Balaban J connectivity index is 1.32. The number of amides is 3. The molecule has 6 N–H and O–H groups in total. The van der Waals surface area contributed by atoms with Crippen molar-refractivity contribution in [2.75, 3.05) is 4.90 Å². The van der Waals surface area contributed by atoms with Gasteiger partial charge in [0, 0.05) is 41.5 Å². The SMILES string of the molecule is NC(=O)c1ccc(N2[C@@H]3CC[C@H]2CC(NC(=O)c2ccc(C(N)=O)c4[nH]ccc24)C3)nc1. The number of hydrogen-bond acceptors (Lipinski definition) is 5. The van der Waals surface area contributed by atoms with Crippen molar-refractivity contribution in [1.82, 2.24) is 15.3 Å². The van der Waals surface area contributed by atoms with Crippen LogP contribution >= 0.6 is 0 Å². The van der Waals surface area contributed by atoms with Gasteiger partial charge in [0.1, 0.15) is 5.82 Å². The molecule has 3 aromatic rings. The standard InChI is InChI=1S/C23H24N6O3/c24-21(30)12-1-6-19(27-11-12)29-14-2-3-15(29)10-13(9-14)28-23(32)17-4-5-18(22(25)31)20-16(17)7-8-26-20/h1,4-8,11,13-15,26H,2-3,9-10H2,(H2,24,30)(H2,25,31)(H,28,32)/t13?,14-,15+. The Hall–Kier alpha value is -3.88. The van der Waals surface area contributed by atoms with E-state index in [1.54, 1.807) is 30.5 Å². The maximum atomic E-state index is 13.1. The van der Waals surface area contributed by atoms with Crippen LogP contribution in [0.25, 0.3) is 10.9 Å². The van der Waals surface area contributed by atoms with Gasteiger partial charge >= 0.3 is 0 Å². The first-order chi connectivity index (χ1) is 15.4. The third kappa shape index (κ3) is 3.35. The summed E-state index contributed by atoms with van der Waals surface area (Å²) in [6, 6.07) is 9.16. The third-order valence-electron chi connectivity index (χ3n) is 6.60. The highest BCUT2D eigenvalue weighted by Gasteiger charge is 2.41. The molecule has 0 radical (unpaired) electrons. The number of aromatic nitrogens is 2.